The Morgan fingerprint density at radius 3 is 3.06 bits per heavy atom. The van der Waals surface area contributed by atoms with Gasteiger partial charge in [0.2, 0.25) is 0 Å². The van der Waals surface area contributed by atoms with E-state index < -0.39 is 0 Å². The van der Waals surface area contributed by atoms with Crippen LogP contribution in [0.1, 0.15) is 43.6 Å². The number of rotatable bonds is 0. The summed E-state index contributed by atoms with van der Waals surface area (Å²) in [4.78, 5) is 1.65. The molecule has 88 valence electrons. The third kappa shape index (κ3) is 1.54. The highest BCUT2D eigenvalue weighted by molar-refractivity contribution is 7.10. The van der Waals surface area contributed by atoms with Gasteiger partial charge in [0.15, 0.2) is 0 Å². The van der Waals surface area contributed by atoms with E-state index in [-0.39, 0.29) is 0 Å². The normalized spacial score (nSPS) is 38.6. The van der Waals surface area contributed by atoms with Gasteiger partial charge in [-0.3, -0.25) is 0 Å². The molecule has 1 spiro atoms. The maximum Gasteiger partial charge on any atom is 0.0534 e. The number of hydrogen-bond acceptors (Lipinski definition) is 2. The van der Waals surface area contributed by atoms with Crippen LogP contribution in [-0.4, -0.2) is 6.54 Å². The molecule has 3 atom stereocenters. The van der Waals surface area contributed by atoms with Crippen LogP contribution in [-0.2, 0) is 12.0 Å². The first-order chi connectivity index (χ1) is 7.71. The van der Waals surface area contributed by atoms with Crippen LogP contribution in [0.25, 0.3) is 0 Å². The van der Waals surface area contributed by atoms with Crippen LogP contribution in [0.4, 0.5) is 0 Å². The molecule has 0 amide bonds. The van der Waals surface area contributed by atoms with Crippen molar-refractivity contribution >= 4 is 11.3 Å². The molecule has 1 aliphatic carbocycles. The molecule has 1 fully saturated rings. The van der Waals surface area contributed by atoms with Crippen molar-refractivity contribution in [3.8, 4) is 0 Å². The van der Waals surface area contributed by atoms with Crippen LogP contribution in [0, 0.1) is 11.8 Å². The van der Waals surface area contributed by atoms with Crippen LogP contribution in [0.3, 0.4) is 0 Å². The van der Waals surface area contributed by atoms with E-state index in [1.54, 1.807) is 10.4 Å². The molecule has 1 saturated carbocycles. The molecule has 2 heterocycles. The smallest absolute Gasteiger partial charge is 0.0534 e. The highest BCUT2D eigenvalue weighted by Gasteiger charge is 2.42. The molecule has 16 heavy (non-hydrogen) atoms. The standard InChI is InChI=1S/C14H21NS/c1-10-3-6-14(9-11(10)2)13-12(4-7-15-14)5-8-16-13/h5,8,10-11,15H,3-4,6-7,9H2,1-2H3. The van der Waals surface area contributed by atoms with Crippen molar-refractivity contribution in [1.82, 2.24) is 5.32 Å². The summed E-state index contributed by atoms with van der Waals surface area (Å²) in [6, 6.07) is 2.34. The Kier molecular flexibility index (Phi) is 2.60. The minimum Gasteiger partial charge on any atom is -0.306 e. The third-order valence-electron chi connectivity index (χ3n) is 4.71. The lowest BCUT2D eigenvalue weighted by atomic mass is 9.69. The summed E-state index contributed by atoms with van der Waals surface area (Å²) in [6.45, 7) is 6.01. The van der Waals surface area contributed by atoms with Gasteiger partial charge in [-0.05, 0) is 54.5 Å². The summed E-state index contributed by atoms with van der Waals surface area (Å²) in [7, 11) is 0. The summed E-state index contributed by atoms with van der Waals surface area (Å²) in [5.74, 6) is 1.76. The van der Waals surface area contributed by atoms with Crippen LogP contribution < -0.4 is 5.32 Å². The maximum absolute atomic E-state index is 3.84. The summed E-state index contributed by atoms with van der Waals surface area (Å²) in [5.41, 5.74) is 1.96. The van der Waals surface area contributed by atoms with Crippen molar-refractivity contribution in [3.63, 3.8) is 0 Å². The predicted octanol–water partition coefficient (Wildman–Crippen LogP) is 3.55. The average molecular weight is 235 g/mol. The molecule has 3 unspecified atom stereocenters. The Labute approximate surface area is 102 Å². The van der Waals surface area contributed by atoms with E-state index in [0.717, 1.165) is 11.8 Å². The molecule has 1 nitrogen and oxygen atoms in total. The van der Waals surface area contributed by atoms with E-state index in [1.807, 2.05) is 11.3 Å². The molecule has 1 aromatic heterocycles. The van der Waals surface area contributed by atoms with Gasteiger partial charge in [-0.25, -0.2) is 0 Å². The molecule has 3 rings (SSSR count). The van der Waals surface area contributed by atoms with Crippen LogP contribution >= 0.6 is 11.3 Å². The highest BCUT2D eigenvalue weighted by atomic mass is 32.1. The molecule has 1 N–H and O–H groups in total. The van der Waals surface area contributed by atoms with Gasteiger partial charge in [-0.15, -0.1) is 11.3 Å². The van der Waals surface area contributed by atoms with Gasteiger partial charge < -0.3 is 5.32 Å². The van der Waals surface area contributed by atoms with Crippen LogP contribution in [0.2, 0.25) is 0 Å². The van der Waals surface area contributed by atoms with E-state index in [9.17, 15) is 0 Å². The lowest BCUT2D eigenvalue weighted by molar-refractivity contribution is 0.138. The first-order valence-electron chi connectivity index (χ1n) is 6.53. The highest BCUT2D eigenvalue weighted by Crippen LogP contribution is 2.46. The minimum absolute atomic E-state index is 0.341. The Bertz CT molecular complexity index is 384. The summed E-state index contributed by atoms with van der Waals surface area (Å²) in [5, 5.41) is 6.12. The van der Waals surface area contributed by atoms with Crippen molar-refractivity contribution in [2.45, 2.75) is 45.1 Å². The molecular formula is C14H21NS. The number of nitrogens with one attached hydrogen (secondary N) is 1. The van der Waals surface area contributed by atoms with Crippen LogP contribution in [0.15, 0.2) is 11.4 Å². The molecule has 2 aliphatic rings. The molecule has 0 bridgehead atoms. The largest absolute Gasteiger partial charge is 0.306 e. The zero-order valence-electron chi connectivity index (χ0n) is 10.3. The first-order valence-corrected chi connectivity index (χ1v) is 7.41. The van der Waals surface area contributed by atoms with Crippen molar-refractivity contribution < 1.29 is 0 Å². The van der Waals surface area contributed by atoms with Gasteiger partial charge >= 0.3 is 0 Å². The Morgan fingerprint density at radius 1 is 1.38 bits per heavy atom. The van der Waals surface area contributed by atoms with E-state index in [0.29, 0.717) is 5.54 Å². The van der Waals surface area contributed by atoms with Gasteiger partial charge in [-0.1, -0.05) is 13.8 Å². The average Bonchev–Trinajstić information content (AvgIpc) is 2.74. The van der Waals surface area contributed by atoms with Gasteiger partial charge in [0.05, 0.1) is 5.54 Å². The number of thiophene rings is 1. The fraction of sp³-hybridized carbons (Fsp3) is 0.714. The fourth-order valence-corrected chi connectivity index (χ4v) is 4.62. The SMILES string of the molecule is CC1CCC2(CC1C)NCCc1ccsc12. The van der Waals surface area contributed by atoms with E-state index in [4.69, 9.17) is 0 Å². The van der Waals surface area contributed by atoms with Gasteiger partial charge in [-0.2, -0.15) is 0 Å². The molecule has 0 radical (unpaired) electrons. The van der Waals surface area contributed by atoms with E-state index in [2.05, 4.69) is 30.6 Å². The summed E-state index contributed by atoms with van der Waals surface area (Å²) in [6.07, 6.45) is 5.28. The zero-order chi connectivity index (χ0) is 11.2. The second kappa shape index (κ2) is 3.85. The Hall–Kier alpha value is -0.340. The van der Waals surface area contributed by atoms with E-state index >= 15 is 0 Å². The molecule has 1 aliphatic heterocycles. The van der Waals surface area contributed by atoms with Gasteiger partial charge in [0.25, 0.3) is 0 Å². The second-order valence-corrected chi connectivity index (χ2v) is 6.65. The Morgan fingerprint density at radius 2 is 2.25 bits per heavy atom. The summed E-state index contributed by atoms with van der Waals surface area (Å²) < 4.78 is 0. The quantitative estimate of drug-likeness (QED) is 0.725. The fourth-order valence-electron chi connectivity index (χ4n) is 3.45. The first kappa shape index (κ1) is 10.8. The molecular weight excluding hydrogens is 214 g/mol. The molecule has 0 aromatic carbocycles. The van der Waals surface area contributed by atoms with Crippen molar-refractivity contribution in [3.05, 3.63) is 21.9 Å². The van der Waals surface area contributed by atoms with E-state index in [1.165, 1.54) is 32.2 Å². The van der Waals surface area contributed by atoms with Crippen molar-refractivity contribution in [1.29, 1.82) is 0 Å². The van der Waals surface area contributed by atoms with Gasteiger partial charge in [0, 0.05) is 11.4 Å². The second-order valence-electron chi connectivity index (χ2n) is 5.73. The lowest BCUT2D eigenvalue weighted by Crippen LogP contribution is -2.50. The summed E-state index contributed by atoms with van der Waals surface area (Å²) >= 11 is 1.97. The Balaban J connectivity index is 1.96. The van der Waals surface area contributed by atoms with Crippen molar-refractivity contribution in [2.24, 2.45) is 11.8 Å². The molecule has 1 aromatic rings. The topological polar surface area (TPSA) is 12.0 Å². The molecule has 2 heteroatoms. The number of fused-ring (bicyclic) bond motifs is 2. The maximum atomic E-state index is 3.84. The predicted molar refractivity (Wildman–Crippen MR) is 69.9 cm³/mol. The zero-order valence-corrected chi connectivity index (χ0v) is 11.1. The molecule has 0 saturated heterocycles. The number of hydrogen-bond donors (Lipinski definition) is 1. The minimum atomic E-state index is 0.341. The third-order valence-corrected chi connectivity index (χ3v) is 5.87. The van der Waals surface area contributed by atoms with Crippen molar-refractivity contribution in [2.75, 3.05) is 6.54 Å². The van der Waals surface area contributed by atoms with Gasteiger partial charge in [0.1, 0.15) is 0 Å². The lowest BCUT2D eigenvalue weighted by Gasteiger charge is -2.45. The monoisotopic (exact) mass is 235 g/mol. The van der Waals surface area contributed by atoms with Crippen LogP contribution in [0.5, 0.6) is 0 Å².